The van der Waals surface area contributed by atoms with Crippen LogP contribution in [0.2, 0.25) is 0 Å². The molecule has 226 valence electrons. The van der Waals surface area contributed by atoms with Crippen molar-refractivity contribution in [2.24, 2.45) is 0 Å². The van der Waals surface area contributed by atoms with E-state index in [9.17, 15) is 39.0 Å². The molecule has 4 aromatic rings. The minimum atomic E-state index is -5.15. The van der Waals surface area contributed by atoms with Crippen molar-refractivity contribution in [3.05, 3.63) is 113 Å². The van der Waals surface area contributed by atoms with E-state index in [0.29, 0.717) is 0 Å². The number of hydrogen-bond donors (Lipinski definition) is 0. The second-order valence-corrected chi connectivity index (χ2v) is 12.2. The molecule has 0 saturated heterocycles. The lowest BCUT2D eigenvalue weighted by molar-refractivity contribution is 0.0709. The molecule has 0 N–H and O–H groups in total. The van der Waals surface area contributed by atoms with Crippen LogP contribution < -0.4 is 9.47 Å². The molecule has 0 saturated carbocycles. The van der Waals surface area contributed by atoms with Crippen LogP contribution in [0, 0.1) is 0 Å². The lowest BCUT2D eigenvalue weighted by Crippen LogP contribution is -2.26. The highest BCUT2D eigenvalue weighted by atomic mass is 32.3. The van der Waals surface area contributed by atoms with E-state index >= 15 is 0 Å². The lowest BCUT2D eigenvalue weighted by Gasteiger charge is -2.22. The number of esters is 2. The first kappa shape index (κ1) is 30.4. The third-order valence-corrected chi connectivity index (χ3v) is 8.30. The summed E-state index contributed by atoms with van der Waals surface area (Å²) in [4.78, 5) is 43.4. The molecule has 11 nitrogen and oxygen atoms in total. The molecule has 1 aliphatic heterocycles. The van der Waals surface area contributed by atoms with Gasteiger partial charge in [0.25, 0.3) is 5.91 Å². The first-order chi connectivity index (χ1) is 20.7. The molecule has 1 aromatic heterocycles. The van der Waals surface area contributed by atoms with Crippen molar-refractivity contribution >= 4 is 38.3 Å². The summed E-state index contributed by atoms with van der Waals surface area (Å²) >= 11 is 0. The third-order valence-electron chi connectivity index (χ3n) is 6.66. The van der Waals surface area contributed by atoms with E-state index in [4.69, 9.17) is 9.47 Å². The van der Waals surface area contributed by atoms with Gasteiger partial charge in [0.05, 0.1) is 38.1 Å². The summed E-state index contributed by atoms with van der Waals surface area (Å²) in [5, 5.41) is 0. The van der Waals surface area contributed by atoms with Crippen LogP contribution >= 0.6 is 0 Å². The Labute approximate surface area is 250 Å². The molecule has 5 rings (SSSR count). The predicted molar refractivity (Wildman–Crippen MR) is 148 cm³/mol. The number of hydrogen-bond acceptors (Lipinski definition) is 10. The largest absolute Gasteiger partial charge is 0.404 e. The zero-order chi connectivity index (χ0) is 31.8. The van der Waals surface area contributed by atoms with Crippen LogP contribution in [0.5, 0.6) is 11.8 Å². The second kappa shape index (κ2) is 11.6. The number of nitrogens with zero attached hydrogens (tertiary/aromatic N) is 2. The minimum absolute atomic E-state index is 0.0331. The first-order valence-corrected chi connectivity index (χ1v) is 15.4. The number of aromatic nitrogens is 1. The smallest absolute Gasteiger partial charge is 0.344 e. The summed E-state index contributed by atoms with van der Waals surface area (Å²) in [6.07, 6.45) is 0. The van der Waals surface area contributed by atoms with Crippen LogP contribution in [-0.4, -0.2) is 44.6 Å². The van der Waals surface area contributed by atoms with Crippen molar-refractivity contribution in [1.29, 1.82) is 0 Å². The fourth-order valence-electron chi connectivity index (χ4n) is 4.55. The number of fused-ring (bicyclic) bond motifs is 1. The maximum Gasteiger partial charge on any atom is 0.344 e. The molecule has 44 heavy (non-hydrogen) atoms. The number of pyridine rings is 1. The average molecular weight is 643 g/mol. The molecule has 0 unspecified atom stereocenters. The van der Waals surface area contributed by atoms with Crippen molar-refractivity contribution in [3.63, 3.8) is 0 Å². The third kappa shape index (κ3) is 6.33. The van der Waals surface area contributed by atoms with E-state index in [0.717, 1.165) is 54.1 Å². The Morgan fingerprint density at radius 2 is 1.34 bits per heavy atom. The van der Waals surface area contributed by atoms with Crippen molar-refractivity contribution in [3.8, 4) is 11.8 Å². The van der Waals surface area contributed by atoms with Gasteiger partial charge in [0.15, 0.2) is 0 Å². The van der Waals surface area contributed by atoms with Crippen molar-refractivity contribution in [2.45, 2.75) is 29.3 Å². The number of rotatable bonds is 8. The van der Waals surface area contributed by atoms with Crippen molar-refractivity contribution in [2.75, 3.05) is 0 Å². The highest BCUT2D eigenvalue weighted by Gasteiger charge is 2.39. The fraction of sp³-hybridized carbons (Fsp3) is 0.103. The average Bonchev–Trinajstić information content (AvgIpc) is 3.21. The summed E-state index contributed by atoms with van der Waals surface area (Å²) in [6, 6.07) is 17.3. The molecule has 0 radical (unpaired) electrons. The van der Waals surface area contributed by atoms with Crippen LogP contribution in [0.15, 0.2) is 94.7 Å². The Bertz CT molecular complexity index is 2040. The van der Waals surface area contributed by atoms with Crippen molar-refractivity contribution < 1.29 is 48.5 Å². The van der Waals surface area contributed by atoms with E-state index in [1.165, 1.54) is 11.0 Å². The quantitative estimate of drug-likeness (QED) is 0.197. The SMILES string of the molecule is C[C@H]1c2c(cc(OC(=O)c3cccc(S(=O)(=O)F)c3)nc2OC(=O)c2cccc(S(=O)(=O)F)c2)C(=O)N1Cc1ccccc1. The monoisotopic (exact) mass is 642 g/mol. The number of halogens is 2. The number of carbonyl (C=O) groups excluding carboxylic acids is 3. The van der Waals surface area contributed by atoms with Gasteiger partial charge < -0.3 is 14.4 Å². The Morgan fingerprint density at radius 3 is 1.89 bits per heavy atom. The maximum atomic E-state index is 13.6. The summed E-state index contributed by atoms with van der Waals surface area (Å²) in [7, 11) is -10.3. The zero-order valence-electron chi connectivity index (χ0n) is 22.5. The molecule has 3 aromatic carbocycles. The lowest BCUT2D eigenvalue weighted by atomic mass is 10.1. The molecule has 1 amide bonds. The van der Waals surface area contributed by atoms with Gasteiger partial charge in [0, 0.05) is 12.6 Å². The van der Waals surface area contributed by atoms with Crippen LogP contribution in [0.25, 0.3) is 0 Å². The highest BCUT2D eigenvalue weighted by Crippen LogP contribution is 2.41. The van der Waals surface area contributed by atoms with Gasteiger partial charge in [0.2, 0.25) is 11.8 Å². The summed E-state index contributed by atoms with van der Waals surface area (Å²) < 4.78 is 83.0. The second-order valence-electron chi connectivity index (χ2n) is 9.53. The highest BCUT2D eigenvalue weighted by molar-refractivity contribution is 7.86. The van der Waals surface area contributed by atoms with Gasteiger partial charge >= 0.3 is 32.4 Å². The first-order valence-electron chi connectivity index (χ1n) is 12.7. The van der Waals surface area contributed by atoms with E-state index in [1.54, 1.807) is 37.3 Å². The van der Waals surface area contributed by atoms with Gasteiger partial charge in [0.1, 0.15) is 0 Å². The predicted octanol–water partition coefficient (Wildman–Crippen LogP) is 4.55. The zero-order valence-corrected chi connectivity index (χ0v) is 24.1. The Morgan fingerprint density at radius 1 is 0.795 bits per heavy atom. The number of carbonyl (C=O) groups is 3. The Hall–Kier alpha value is -5.02. The summed E-state index contributed by atoms with van der Waals surface area (Å²) in [5.74, 6) is -3.83. The van der Waals surface area contributed by atoms with Gasteiger partial charge in [-0.05, 0) is 48.9 Å². The standard InChI is InChI=1S/C29H20F2N2O9S2/c1-17-25-23(27(34)33(17)16-18-7-3-2-4-8-18)15-24(41-28(35)19-9-5-11-21(13-19)43(30,37)38)32-26(25)42-29(36)20-10-6-12-22(14-20)44(31,39)40/h2-15,17H,16H2,1H3/t17-/m0/s1. The summed E-state index contributed by atoms with van der Waals surface area (Å²) in [5.41, 5.74) is 0.182. The molecule has 2 heterocycles. The van der Waals surface area contributed by atoms with E-state index in [-0.39, 0.29) is 28.8 Å². The number of ether oxygens (including phenoxy) is 2. The molecular weight excluding hydrogens is 622 g/mol. The van der Waals surface area contributed by atoms with Crippen LogP contribution in [0.1, 0.15) is 55.2 Å². The normalized spacial score (nSPS) is 14.7. The number of amides is 1. The van der Waals surface area contributed by atoms with Crippen LogP contribution in [0.3, 0.4) is 0 Å². The molecule has 0 bridgehead atoms. The molecule has 0 fully saturated rings. The fourth-order valence-corrected chi connectivity index (χ4v) is 5.56. The Balaban J connectivity index is 1.53. The summed E-state index contributed by atoms with van der Waals surface area (Å²) in [6.45, 7) is 1.80. The molecule has 1 aliphatic rings. The topological polar surface area (TPSA) is 154 Å². The van der Waals surface area contributed by atoms with Gasteiger partial charge in [-0.2, -0.15) is 21.8 Å². The van der Waals surface area contributed by atoms with E-state index in [1.807, 2.05) is 0 Å². The van der Waals surface area contributed by atoms with E-state index < -0.39 is 65.9 Å². The van der Waals surface area contributed by atoms with Gasteiger partial charge in [-0.15, -0.1) is 7.77 Å². The van der Waals surface area contributed by atoms with E-state index in [2.05, 4.69) is 4.98 Å². The molecule has 15 heteroatoms. The van der Waals surface area contributed by atoms with Crippen LogP contribution in [0.4, 0.5) is 7.77 Å². The maximum absolute atomic E-state index is 13.6. The van der Waals surface area contributed by atoms with Gasteiger partial charge in [-0.1, -0.05) is 42.5 Å². The molecule has 0 spiro atoms. The van der Waals surface area contributed by atoms with Crippen molar-refractivity contribution in [1.82, 2.24) is 9.88 Å². The molecule has 0 aliphatic carbocycles. The minimum Gasteiger partial charge on any atom is -0.404 e. The van der Waals surface area contributed by atoms with Gasteiger partial charge in [-0.3, -0.25) is 4.79 Å². The molecular formula is C29H20F2N2O9S2. The Kier molecular flexibility index (Phi) is 8.01. The van der Waals surface area contributed by atoms with Gasteiger partial charge in [-0.25, -0.2) is 9.59 Å². The molecule has 1 atom stereocenters. The van der Waals surface area contributed by atoms with Crippen LogP contribution in [-0.2, 0) is 27.0 Å². The number of benzene rings is 3.